The maximum absolute atomic E-state index is 12.6. The number of ether oxygens (including phenoxy) is 1. The average molecular weight is 430 g/mol. The zero-order valence-corrected chi connectivity index (χ0v) is 17.0. The Morgan fingerprint density at radius 3 is 2.90 bits per heavy atom. The van der Waals surface area contributed by atoms with E-state index in [0.29, 0.717) is 38.9 Å². The van der Waals surface area contributed by atoms with Crippen molar-refractivity contribution >= 4 is 40.5 Å². The highest BCUT2D eigenvalue weighted by molar-refractivity contribution is 7.12. The largest absolute Gasteiger partial charge is 0.495 e. The molecular weight excluding hydrogens is 414 g/mol. The van der Waals surface area contributed by atoms with Gasteiger partial charge in [0.2, 0.25) is 5.13 Å². The number of hydrogen-bond donors (Lipinski definition) is 2. The summed E-state index contributed by atoms with van der Waals surface area (Å²) in [6.45, 7) is 1.83. The van der Waals surface area contributed by atoms with Crippen LogP contribution in [0.1, 0.15) is 5.69 Å². The van der Waals surface area contributed by atoms with Crippen molar-refractivity contribution in [2.45, 2.75) is 6.92 Å². The third-order valence-corrected chi connectivity index (χ3v) is 4.98. The highest BCUT2D eigenvalue weighted by atomic mass is 35.5. The zero-order valence-electron chi connectivity index (χ0n) is 15.5. The number of carbonyl (C=O) groups is 1. The number of furan rings is 1. The van der Waals surface area contributed by atoms with Gasteiger partial charge in [-0.1, -0.05) is 11.6 Å². The molecule has 4 rings (SSSR count). The van der Waals surface area contributed by atoms with E-state index in [2.05, 4.69) is 20.7 Å². The van der Waals surface area contributed by atoms with Gasteiger partial charge in [0, 0.05) is 16.5 Å². The molecule has 1 aromatic carbocycles. The molecule has 0 unspecified atom stereocenters. The van der Waals surface area contributed by atoms with Crippen LogP contribution in [0.25, 0.3) is 16.6 Å². The molecule has 3 aromatic heterocycles. The van der Waals surface area contributed by atoms with Crippen molar-refractivity contribution in [2.24, 2.45) is 0 Å². The molecule has 148 valence electrons. The first-order valence-corrected chi connectivity index (χ1v) is 9.77. The van der Waals surface area contributed by atoms with E-state index in [4.69, 9.17) is 20.8 Å². The molecule has 29 heavy (non-hydrogen) atoms. The summed E-state index contributed by atoms with van der Waals surface area (Å²) in [7, 11) is 1.52. The number of amides is 2. The summed E-state index contributed by atoms with van der Waals surface area (Å²) in [5.74, 6) is 1.63. The molecule has 4 aromatic rings. The fraction of sp³-hybridized carbons (Fsp3) is 0.105. The number of nitrogens with zero attached hydrogens (tertiary/aromatic N) is 3. The maximum Gasteiger partial charge on any atom is 0.324 e. The van der Waals surface area contributed by atoms with Crippen molar-refractivity contribution in [3.63, 3.8) is 0 Å². The Hall–Kier alpha value is -3.30. The van der Waals surface area contributed by atoms with Crippen molar-refractivity contribution < 1.29 is 13.9 Å². The van der Waals surface area contributed by atoms with Gasteiger partial charge in [0.25, 0.3) is 0 Å². The van der Waals surface area contributed by atoms with Crippen LogP contribution in [0, 0.1) is 6.92 Å². The quantitative estimate of drug-likeness (QED) is 0.454. The van der Waals surface area contributed by atoms with Crippen molar-refractivity contribution in [1.29, 1.82) is 0 Å². The maximum atomic E-state index is 12.6. The minimum absolute atomic E-state index is 0.453. The fourth-order valence-corrected chi connectivity index (χ4v) is 3.63. The van der Waals surface area contributed by atoms with Gasteiger partial charge in [0.05, 0.1) is 24.8 Å². The number of rotatable bonds is 5. The number of carbonyl (C=O) groups excluding carboxylic acids is 1. The van der Waals surface area contributed by atoms with Crippen LogP contribution in [0.2, 0.25) is 5.02 Å². The minimum Gasteiger partial charge on any atom is -0.495 e. The van der Waals surface area contributed by atoms with Crippen LogP contribution < -0.4 is 15.4 Å². The van der Waals surface area contributed by atoms with Crippen molar-refractivity contribution in [3.8, 4) is 22.3 Å². The smallest absolute Gasteiger partial charge is 0.324 e. The predicted molar refractivity (Wildman–Crippen MR) is 112 cm³/mol. The SMILES string of the molecule is COc1ccc(Cl)cc1NC(=O)Nc1cc(C)nn1-c1nc(-c2ccco2)cs1. The van der Waals surface area contributed by atoms with E-state index in [1.165, 1.54) is 18.4 Å². The first kappa shape index (κ1) is 19.0. The molecule has 3 heterocycles. The Bertz CT molecular complexity index is 1150. The Morgan fingerprint density at radius 2 is 2.14 bits per heavy atom. The van der Waals surface area contributed by atoms with Crippen LogP contribution >= 0.6 is 22.9 Å². The molecular formula is C19H16ClN5O3S. The van der Waals surface area contributed by atoms with Gasteiger partial charge in [-0.25, -0.2) is 9.78 Å². The predicted octanol–water partition coefficient (Wildman–Crippen LogP) is 5.20. The third-order valence-electron chi connectivity index (χ3n) is 3.93. The van der Waals surface area contributed by atoms with Gasteiger partial charge in [-0.2, -0.15) is 9.78 Å². The Balaban J connectivity index is 1.56. The zero-order chi connectivity index (χ0) is 20.4. The van der Waals surface area contributed by atoms with Gasteiger partial charge in [0.1, 0.15) is 17.3 Å². The molecule has 0 fully saturated rings. The van der Waals surface area contributed by atoms with Gasteiger partial charge in [-0.15, -0.1) is 11.3 Å². The summed E-state index contributed by atoms with van der Waals surface area (Å²) in [6, 6.07) is 9.89. The lowest BCUT2D eigenvalue weighted by atomic mass is 10.3. The molecule has 0 aliphatic heterocycles. The Labute approximate surface area is 175 Å². The molecule has 2 N–H and O–H groups in total. The van der Waals surface area contributed by atoms with Gasteiger partial charge in [0.15, 0.2) is 5.76 Å². The van der Waals surface area contributed by atoms with E-state index >= 15 is 0 Å². The summed E-state index contributed by atoms with van der Waals surface area (Å²) in [6.07, 6.45) is 1.59. The number of nitrogens with one attached hydrogen (secondary N) is 2. The van der Waals surface area contributed by atoms with Crippen LogP contribution in [0.5, 0.6) is 5.75 Å². The van der Waals surface area contributed by atoms with Crippen LogP contribution in [0.3, 0.4) is 0 Å². The number of thiazole rings is 1. The summed E-state index contributed by atoms with van der Waals surface area (Å²) in [5.41, 5.74) is 1.88. The van der Waals surface area contributed by atoms with E-state index in [0.717, 1.165) is 5.69 Å². The van der Waals surface area contributed by atoms with E-state index in [-0.39, 0.29) is 0 Å². The van der Waals surface area contributed by atoms with Crippen molar-refractivity contribution in [2.75, 3.05) is 17.7 Å². The molecule has 0 saturated heterocycles. The Morgan fingerprint density at radius 1 is 1.28 bits per heavy atom. The lowest BCUT2D eigenvalue weighted by Crippen LogP contribution is -2.21. The second-order valence-electron chi connectivity index (χ2n) is 6.00. The lowest BCUT2D eigenvalue weighted by Gasteiger charge is -2.11. The molecule has 0 radical (unpaired) electrons. The highest BCUT2D eigenvalue weighted by Crippen LogP contribution is 2.29. The molecule has 0 atom stereocenters. The number of hydrogen-bond acceptors (Lipinski definition) is 6. The third kappa shape index (κ3) is 4.10. The lowest BCUT2D eigenvalue weighted by molar-refractivity contribution is 0.262. The summed E-state index contributed by atoms with van der Waals surface area (Å²) in [4.78, 5) is 17.1. The molecule has 0 spiro atoms. The first-order chi connectivity index (χ1) is 14.0. The summed E-state index contributed by atoms with van der Waals surface area (Å²) in [5, 5.41) is 12.9. The number of benzene rings is 1. The van der Waals surface area contributed by atoms with Crippen molar-refractivity contribution in [3.05, 3.63) is 58.8 Å². The minimum atomic E-state index is -0.463. The van der Waals surface area contributed by atoms with Gasteiger partial charge in [-0.05, 0) is 37.3 Å². The molecule has 10 heteroatoms. The molecule has 8 nitrogen and oxygen atoms in total. The number of urea groups is 1. The number of anilines is 2. The molecule has 0 saturated carbocycles. The number of aromatic nitrogens is 3. The summed E-state index contributed by atoms with van der Waals surface area (Å²) >= 11 is 7.40. The topological polar surface area (TPSA) is 94.2 Å². The molecule has 2 amide bonds. The number of halogens is 1. The van der Waals surface area contributed by atoms with Crippen LogP contribution in [-0.4, -0.2) is 27.9 Å². The van der Waals surface area contributed by atoms with Gasteiger partial charge < -0.3 is 14.5 Å². The van der Waals surface area contributed by atoms with Crippen LogP contribution in [0.15, 0.2) is 52.5 Å². The first-order valence-electron chi connectivity index (χ1n) is 8.51. The average Bonchev–Trinajstić information content (AvgIpc) is 3.42. The van der Waals surface area contributed by atoms with Crippen LogP contribution in [-0.2, 0) is 0 Å². The summed E-state index contributed by atoms with van der Waals surface area (Å²) < 4.78 is 12.2. The van der Waals surface area contributed by atoms with E-state index in [1.54, 1.807) is 41.3 Å². The fourth-order valence-electron chi connectivity index (χ4n) is 2.68. The standard InChI is InChI=1S/C19H16ClN5O3S/c1-11-8-17(23-18(26)21-13-9-12(20)5-6-15(13)27-2)25(24-11)19-22-14(10-29-19)16-4-3-7-28-16/h3-10H,1-2H3,(H2,21,23,26). The highest BCUT2D eigenvalue weighted by Gasteiger charge is 2.16. The monoisotopic (exact) mass is 429 g/mol. The van der Waals surface area contributed by atoms with E-state index < -0.39 is 6.03 Å². The molecule has 0 bridgehead atoms. The second-order valence-corrected chi connectivity index (χ2v) is 7.27. The van der Waals surface area contributed by atoms with E-state index in [9.17, 15) is 4.79 Å². The number of aryl methyl sites for hydroxylation is 1. The van der Waals surface area contributed by atoms with Crippen molar-refractivity contribution in [1.82, 2.24) is 14.8 Å². The van der Waals surface area contributed by atoms with Crippen LogP contribution in [0.4, 0.5) is 16.3 Å². The molecule has 0 aliphatic carbocycles. The van der Waals surface area contributed by atoms with E-state index in [1.807, 2.05) is 18.4 Å². The second kappa shape index (κ2) is 7.98. The number of methoxy groups -OCH3 is 1. The van der Waals surface area contributed by atoms with Gasteiger partial charge in [-0.3, -0.25) is 5.32 Å². The van der Waals surface area contributed by atoms with Gasteiger partial charge >= 0.3 is 6.03 Å². The molecule has 0 aliphatic rings. The Kier molecular flexibility index (Phi) is 5.24. The normalized spacial score (nSPS) is 10.7.